The van der Waals surface area contributed by atoms with E-state index >= 15 is 0 Å². The highest BCUT2D eigenvalue weighted by Crippen LogP contribution is 2.28. The summed E-state index contributed by atoms with van der Waals surface area (Å²) in [5.74, 6) is 0.512. The van der Waals surface area contributed by atoms with Crippen LogP contribution in [0, 0.1) is 0 Å². The van der Waals surface area contributed by atoms with Crippen LogP contribution in [0.4, 0.5) is 0 Å². The fourth-order valence-electron chi connectivity index (χ4n) is 2.36. The van der Waals surface area contributed by atoms with Gasteiger partial charge in [0.2, 0.25) is 5.91 Å². The molecule has 1 N–H and O–H groups in total. The lowest BCUT2D eigenvalue weighted by Gasteiger charge is -2.15. The van der Waals surface area contributed by atoms with Crippen molar-refractivity contribution >= 4 is 48.7 Å². The van der Waals surface area contributed by atoms with Gasteiger partial charge in [-0.2, -0.15) is 4.86 Å². The van der Waals surface area contributed by atoms with Crippen LogP contribution in [0.2, 0.25) is 0 Å². The highest BCUT2D eigenvalue weighted by molar-refractivity contribution is 8.19. The molecule has 8 heteroatoms. The Morgan fingerprint density at radius 3 is 2.69 bits per heavy atom. The second-order valence-corrected chi connectivity index (χ2v) is 8.20. The van der Waals surface area contributed by atoms with E-state index in [0.29, 0.717) is 22.4 Å². The van der Waals surface area contributed by atoms with Crippen LogP contribution < -0.4 is 14.8 Å². The number of amides is 1. The highest BCUT2D eigenvalue weighted by atomic mass is 32.2. The van der Waals surface area contributed by atoms with Gasteiger partial charge in [-0.25, -0.2) is 4.79 Å². The van der Waals surface area contributed by atoms with Gasteiger partial charge in [0.25, 0.3) is 0 Å². The van der Waals surface area contributed by atoms with Gasteiger partial charge in [0.05, 0.1) is 13.7 Å². The van der Waals surface area contributed by atoms with Crippen molar-refractivity contribution in [3.05, 3.63) is 23.8 Å². The summed E-state index contributed by atoms with van der Waals surface area (Å²) in [5.41, 5.74) is 1.07. The predicted molar refractivity (Wildman–Crippen MR) is 108 cm³/mol. The van der Waals surface area contributed by atoms with Crippen molar-refractivity contribution in [3.63, 3.8) is 0 Å². The molecule has 2 rings (SSSR count). The molecule has 0 aliphatic carbocycles. The van der Waals surface area contributed by atoms with E-state index in [4.69, 9.17) is 26.4 Å². The van der Waals surface area contributed by atoms with Crippen molar-refractivity contribution in [1.29, 1.82) is 0 Å². The lowest BCUT2D eigenvalue weighted by molar-refractivity contribution is -0.145. The minimum Gasteiger partial charge on any atom is -0.493 e. The number of ether oxygens (including phenoxy) is 3. The minimum atomic E-state index is -0.420. The summed E-state index contributed by atoms with van der Waals surface area (Å²) in [4.78, 5) is 24.0. The quantitative estimate of drug-likeness (QED) is 0.409. The zero-order valence-electron chi connectivity index (χ0n) is 15.0. The Bertz CT molecular complexity index is 810. The zero-order chi connectivity index (χ0) is 19.1. The number of rotatable bonds is 8. The average Bonchev–Trinajstić information content (AvgIpc) is 2.96. The number of carbonyl (C=O) groups excluding carboxylic acids is 2. The van der Waals surface area contributed by atoms with Gasteiger partial charge in [-0.05, 0) is 35.4 Å². The molecule has 1 amide bonds. The number of nitrogens with one attached hydrogen (secondary N) is 1. The maximum Gasteiger partial charge on any atom is 0.344 e. The summed E-state index contributed by atoms with van der Waals surface area (Å²) in [6.45, 7) is 3.92. The molecule has 6 nitrogen and oxygen atoms in total. The highest BCUT2D eigenvalue weighted by Gasteiger charge is 2.09. The maximum absolute atomic E-state index is 11.4. The van der Waals surface area contributed by atoms with E-state index < -0.39 is 5.97 Å². The van der Waals surface area contributed by atoms with Crippen molar-refractivity contribution in [3.8, 4) is 11.5 Å². The summed E-state index contributed by atoms with van der Waals surface area (Å²) >= 11 is 5.20. The van der Waals surface area contributed by atoms with Gasteiger partial charge < -0.3 is 29.6 Å². The van der Waals surface area contributed by atoms with Crippen molar-refractivity contribution in [2.45, 2.75) is 26.7 Å². The summed E-state index contributed by atoms with van der Waals surface area (Å²) in [6, 6.07) is 5.60. The second-order valence-electron chi connectivity index (χ2n) is 5.51. The van der Waals surface area contributed by atoms with E-state index in [2.05, 4.69) is 5.32 Å². The molecule has 0 unspecified atom stereocenters. The van der Waals surface area contributed by atoms with Crippen LogP contribution in [-0.2, 0) is 30.8 Å². The van der Waals surface area contributed by atoms with Gasteiger partial charge in [0.1, 0.15) is 0 Å². The molecule has 1 aromatic rings. The van der Waals surface area contributed by atoms with Crippen LogP contribution in [0.3, 0.4) is 0 Å². The van der Waals surface area contributed by atoms with E-state index in [1.54, 1.807) is 25.5 Å². The number of esters is 1. The molecule has 0 radical (unpaired) electrons. The average molecular weight is 397 g/mol. The number of carbonyl (C=O) groups is 2. The molecule has 0 bridgehead atoms. The van der Waals surface area contributed by atoms with Gasteiger partial charge in [0.15, 0.2) is 18.1 Å². The first-order valence-corrected chi connectivity index (χ1v) is 9.84. The molecular formula is C18H22NO5S2-. The molecule has 0 atom stereocenters. The minimum absolute atomic E-state index is 0.123. The molecule has 0 spiro atoms. The normalized spacial score (nSPS) is 16.6. The molecule has 1 aliphatic rings. The first-order valence-electron chi connectivity index (χ1n) is 8.15. The molecule has 1 aliphatic heterocycles. The Hall–Kier alpha value is -2.06. The summed E-state index contributed by atoms with van der Waals surface area (Å²) in [7, 11) is 1.17. The van der Waals surface area contributed by atoms with Gasteiger partial charge in [-0.15, -0.1) is 5.37 Å². The smallest absolute Gasteiger partial charge is 0.344 e. The lowest BCUT2D eigenvalue weighted by atomic mass is 10.1. The fourth-order valence-corrected chi connectivity index (χ4v) is 4.46. The largest absolute Gasteiger partial charge is 0.493 e. The first kappa shape index (κ1) is 20.3. The summed E-state index contributed by atoms with van der Waals surface area (Å²) in [5, 5.41) is 4.30. The summed E-state index contributed by atoms with van der Waals surface area (Å²) < 4.78 is 16.2. The number of hydrogen-bond acceptors (Lipinski definition) is 7. The molecular weight excluding hydrogens is 374 g/mol. The fraction of sp³-hybridized carbons (Fsp3) is 0.389. The van der Waals surface area contributed by atoms with Crippen molar-refractivity contribution < 1.29 is 23.8 Å². The van der Waals surface area contributed by atoms with Crippen LogP contribution in [0.25, 0.3) is 0 Å². The van der Waals surface area contributed by atoms with Crippen LogP contribution in [0.1, 0.15) is 25.8 Å². The van der Waals surface area contributed by atoms with Gasteiger partial charge in [-0.3, -0.25) is 4.79 Å². The molecule has 1 aromatic carbocycles. The first-order chi connectivity index (χ1) is 12.4. The monoisotopic (exact) mass is 396 g/mol. The Balaban J connectivity index is 2.04. The second kappa shape index (κ2) is 9.59. The topological polar surface area (TPSA) is 73.9 Å². The van der Waals surface area contributed by atoms with Crippen molar-refractivity contribution in [1.82, 2.24) is 5.32 Å². The molecule has 0 fully saturated rings. The Morgan fingerprint density at radius 2 is 2.08 bits per heavy atom. The lowest BCUT2D eigenvalue weighted by Crippen LogP contribution is -2.21. The van der Waals surface area contributed by atoms with E-state index in [9.17, 15) is 9.59 Å². The molecule has 0 saturated heterocycles. The SMILES string of the molecule is CCOC(=O)COc1ccc(CCC(C)=[S-]2=CC(=O)NC2=S)cc1OC. The number of aryl methyl sites for hydroxylation is 1. The predicted octanol–water partition coefficient (Wildman–Crippen LogP) is 1.60. The van der Waals surface area contributed by atoms with Crippen molar-refractivity contribution in [2.75, 3.05) is 20.3 Å². The Morgan fingerprint density at radius 1 is 1.31 bits per heavy atom. The third kappa shape index (κ3) is 5.47. The molecule has 142 valence electrons. The van der Waals surface area contributed by atoms with Gasteiger partial charge >= 0.3 is 5.97 Å². The third-order valence-electron chi connectivity index (χ3n) is 3.67. The molecule has 26 heavy (non-hydrogen) atoms. The van der Waals surface area contributed by atoms with Crippen LogP contribution in [-0.4, -0.2) is 46.8 Å². The van der Waals surface area contributed by atoms with Crippen LogP contribution in [0.15, 0.2) is 18.2 Å². The van der Waals surface area contributed by atoms with Crippen LogP contribution >= 0.6 is 12.2 Å². The van der Waals surface area contributed by atoms with E-state index in [-0.39, 0.29) is 22.6 Å². The molecule has 0 saturated carbocycles. The molecule has 1 heterocycles. The zero-order valence-corrected chi connectivity index (χ0v) is 16.6. The third-order valence-corrected chi connectivity index (χ3v) is 6.22. The van der Waals surface area contributed by atoms with Crippen molar-refractivity contribution in [2.24, 2.45) is 0 Å². The Labute approximate surface area is 160 Å². The van der Waals surface area contributed by atoms with E-state index in [1.165, 1.54) is 0 Å². The maximum atomic E-state index is 11.4. The van der Waals surface area contributed by atoms with E-state index in [0.717, 1.165) is 23.3 Å². The molecule has 0 aromatic heterocycles. The van der Waals surface area contributed by atoms with Gasteiger partial charge in [0, 0.05) is 0 Å². The number of methoxy groups -OCH3 is 1. The summed E-state index contributed by atoms with van der Waals surface area (Å²) in [6.07, 6.45) is 1.59. The van der Waals surface area contributed by atoms with E-state index in [1.807, 2.05) is 19.1 Å². The standard InChI is InChI=1S/C18H22NO5S2/c1-4-23-17(21)10-24-14-8-7-13(9-15(14)22-3)6-5-12(2)26-11-16(20)19-18(26)25/h7-9,11H,4-6,10H2,1-3H3,(H,19,20,25)/q-1. The number of thiocarbonyl (C=S) groups is 1. The van der Waals surface area contributed by atoms with Crippen LogP contribution in [0.5, 0.6) is 11.5 Å². The number of benzene rings is 1. The van der Waals surface area contributed by atoms with Gasteiger partial charge in [-0.1, -0.05) is 31.6 Å². The number of hydrogen-bond donors (Lipinski definition) is 1. The Kier molecular flexibility index (Phi) is 7.47.